The zero-order chi connectivity index (χ0) is 10.3. The molecule has 1 aliphatic heterocycles. The van der Waals surface area contributed by atoms with Gasteiger partial charge in [0.2, 0.25) is 0 Å². The normalized spacial score (nSPS) is 19.0. The van der Waals surface area contributed by atoms with Crippen LogP contribution in [0.25, 0.3) is 0 Å². The van der Waals surface area contributed by atoms with Gasteiger partial charge in [-0.05, 0) is 19.1 Å². The van der Waals surface area contributed by atoms with E-state index in [2.05, 4.69) is 20.6 Å². The molecular weight excluding hydrogens is 208 g/mol. The van der Waals surface area contributed by atoms with Crippen LogP contribution >= 0.6 is 11.8 Å². The Hall–Kier alpha value is -0.810. The van der Waals surface area contributed by atoms with Crippen LogP contribution in [0.2, 0.25) is 0 Å². The topological polar surface area (TPSA) is 49.8 Å². The highest BCUT2D eigenvalue weighted by molar-refractivity contribution is 7.98. The first-order chi connectivity index (χ1) is 7.36. The van der Waals surface area contributed by atoms with E-state index in [0.29, 0.717) is 6.04 Å². The van der Waals surface area contributed by atoms with Crippen LogP contribution < -0.4 is 10.6 Å². The predicted molar refractivity (Wildman–Crippen MR) is 61.0 cm³/mol. The van der Waals surface area contributed by atoms with Gasteiger partial charge >= 0.3 is 0 Å². The minimum Gasteiger partial charge on any atom is -0.367 e. The Morgan fingerprint density at radius 3 is 2.93 bits per heavy atom. The third-order valence-electron chi connectivity index (χ3n) is 2.77. The number of rotatable bonds is 3. The average Bonchev–Trinajstić information content (AvgIpc) is 2.93. The van der Waals surface area contributed by atoms with Crippen molar-refractivity contribution in [1.29, 1.82) is 0 Å². The number of aromatic nitrogens is 2. The SMILES string of the molecule is CSc1nc2c(c(NC3CC3)n1)CNC2. The lowest BCUT2D eigenvalue weighted by Gasteiger charge is -2.09. The first kappa shape index (κ1) is 9.42. The summed E-state index contributed by atoms with van der Waals surface area (Å²) in [6.07, 6.45) is 4.58. The average molecular weight is 222 g/mol. The number of hydrogen-bond donors (Lipinski definition) is 2. The molecular formula is C10H14N4S. The molecule has 0 unspecified atom stereocenters. The second-order valence-electron chi connectivity index (χ2n) is 4.01. The quantitative estimate of drug-likeness (QED) is 0.597. The molecule has 1 fully saturated rings. The second kappa shape index (κ2) is 3.64. The fourth-order valence-corrected chi connectivity index (χ4v) is 2.16. The van der Waals surface area contributed by atoms with E-state index in [1.165, 1.54) is 18.4 Å². The Morgan fingerprint density at radius 1 is 1.33 bits per heavy atom. The van der Waals surface area contributed by atoms with Crippen LogP contribution in [0.1, 0.15) is 24.1 Å². The number of fused-ring (bicyclic) bond motifs is 1. The van der Waals surface area contributed by atoms with E-state index in [-0.39, 0.29) is 0 Å². The van der Waals surface area contributed by atoms with E-state index in [1.807, 2.05) is 6.26 Å². The summed E-state index contributed by atoms with van der Waals surface area (Å²) >= 11 is 1.61. The number of thioether (sulfide) groups is 1. The van der Waals surface area contributed by atoms with Gasteiger partial charge in [0, 0.05) is 24.7 Å². The van der Waals surface area contributed by atoms with Crippen LogP contribution in [0.4, 0.5) is 5.82 Å². The number of anilines is 1. The van der Waals surface area contributed by atoms with Crippen molar-refractivity contribution in [2.75, 3.05) is 11.6 Å². The van der Waals surface area contributed by atoms with E-state index in [4.69, 9.17) is 0 Å². The Bertz CT molecular complexity index is 389. The van der Waals surface area contributed by atoms with Gasteiger partial charge in [0.15, 0.2) is 5.16 Å². The highest BCUT2D eigenvalue weighted by atomic mass is 32.2. The molecule has 0 spiro atoms. The largest absolute Gasteiger partial charge is 0.367 e. The van der Waals surface area contributed by atoms with Gasteiger partial charge in [-0.3, -0.25) is 0 Å². The molecule has 1 saturated carbocycles. The molecule has 1 aromatic rings. The van der Waals surface area contributed by atoms with Crippen molar-refractivity contribution in [3.8, 4) is 0 Å². The monoisotopic (exact) mass is 222 g/mol. The molecule has 0 bridgehead atoms. The third kappa shape index (κ3) is 1.81. The molecule has 0 radical (unpaired) electrons. The standard InChI is InChI=1S/C10H14N4S/c1-15-10-13-8-5-11-4-7(8)9(14-10)12-6-2-3-6/h6,11H,2-5H2,1H3,(H,12,13,14). The Labute approximate surface area is 93.3 Å². The minimum atomic E-state index is 0.652. The predicted octanol–water partition coefficient (Wildman–Crippen LogP) is 1.38. The lowest BCUT2D eigenvalue weighted by molar-refractivity contribution is 0.754. The van der Waals surface area contributed by atoms with Crippen LogP contribution in [0, 0.1) is 0 Å². The lowest BCUT2D eigenvalue weighted by Crippen LogP contribution is -2.08. The van der Waals surface area contributed by atoms with Crippen molar-refractivity contribution in [3.63, 3.8) is 0 Å². The Morgan fingerprint density at radius 2 is 2.20 bits per heavy atom. The summed E-state index contributed by atoms with van der Waals surface area (Å²) in [6.45, 7) is 1.78. The van der Waals surface area contributed by atoms with Crippen molar-refractivity contribution in [2.45, 2.75) is 37.1 Å². The smallest absolute Gasteiger partial charge is 0.189 e. The maximum absolute atomic E-state index is 4.54. The van der Waals surface area contributed by atoms with Gasteiger partial charge in [0.1, 0.15) is 5.82 Å². The Kier molecular flexibility index (Phi) is 2.29. The third-order valence-corrected chi connectivity index (χ3v) is 3.31. The molecule has 2 heterocycles. The van der Waals surface area contributed by atoms with Crippen LogP contribution in [0.15, 0.2) is 5.16 Å². The summed E-state index contributed by atoms with van der Waals surface area (Å²) in [6, 6.07) is 0.652. The van der Waals surface area contributed by atoms with Gasteiger partial charge < -0.3 is 10.6 Å². The molecule has 15 heavy (non-hydrogen) atoms. The van der Waals surface area contributed by atoms with Crippen molar-refractivity contribution >= 4 is 17.6 Å². The van der Waals surface area contributed by atoms with Gasteiger partial charge in [0.25, 0.3) is 0 Å². The number of nitrogens with zero attached hydrogens (tertiary/aromatic N) is 2. The van der Waals surface area contributed by atoms with E-state index in [0.717, 1.165) is 29.8 Å². The maximum atomic E-state index is 4.54. The van der Waals surface area contributed by atoms with Crippen LogP contribution in [-0.2, 0) is 13.1 Å². The zero-order valence-electron chi connectivity index (χ0n) is 8.71. The first-order valence-corrected chi connectivity index (χ1v) is 6.50. The molecule has 0 amide bonds. The van der Waals surface area contributed by atoms with E-state index >= 15 is 0 Å². The van der Waals surface area contributed by atoms with Crippen molar-refractivity contribution in [2.24, 2.45) is 0 Å². The molecule has 1 aromatic heterocycles. The first-order valence-electron chi connectivity index (χ1n) is 5.28. The number of nitrogens with one attached hydrogen (secondary N) is 2. The molecule has 5 heteroatoms. The zero-order valence-corrected chi connectivity index (χ0v) is 9.52. The lowest BCUT2D eigenvalue weighted by atomic mass is 10.2. The number of hydrogen-bond acceptors (Lipinski definition) is 5. The molecule has 4 nitrogen and oxygen atoms in total. The summed E-state index contributed by atoms with van der Waals surface area (Å²) < 4.78 is 0. The van der Waals surface area contributed by atoms with Crippen LogP contribution in [-0.4, -0.2) is 22.3 Å². The van der Waals surface area contributed by atoms with Crippen LogP contribution in [0.3, 0.4) is 0 Å². The van der Waals surface area contributed by atoms with Crippen molar-refractivity contribution < 1.29 is 0 Å². The molecule has 1 aliphatic carbocycles. The molecule has 0 saturated heterocycles. The van der Waals surface area contributed by atoms with Gasteiger partial charge in [-0.25, -0.2) is 9.97 Å². The van der Waals surface area contributed by atoms with E-state index in [1.54, 1.807) is 11.8 Å². The maximum Gasteiger partial charge on any atom is 0.189 e. The summed E-state index contributed by atoms with van der Waals surface area (Å²) in [5.74, 6) is 1.05. The summed E-state index contributed by atoms with van der Waals surface area (Å²) in [4.78, 5) is 9.05. The second-order valence-corrected chi connectivity index (χ2v) is 4.78. The van der Waals surface area contributed by atoms with E-state index < -0.39 is 0 Å². The molecule has 0 atom stereocenters. The van der Waals surface area contributed by atoms with Crippen LogP contribution in [0.5, 0.6) is 0 Å². The van der Waals surface area contributed by atoms with Crippen molar-refractivity contribution in [3.05, 3.63) is 11.3 Å². The molecule has 80 valence electrons. The molecule has 3 rings (SSSR count). The fraction of sp³-hybridized carbons (Fsp3) is 0.600. The highest BCUT2D eigenvalue weighted by Gasteiger charge is 2.25. The van der Waals surface area contributed by atoms with Crippen molar-refractivity contribution in [1.82, 2.24) is 15.3 Å². The summed E-state index contributed by atoms with van der Waals surface area (Å²) in [5.41, 5.74) is 2.43. The van der Waals surface area contributed by atoms with Gasteiger partial charge in [-0.15, -0.1) is 0 Å². The van der Waals surface area contributed by atoms with Gasteiger partial charge in [0.05, 0.1) is 5.69 Å². The van der Waals surface area contributed by atoms with Gasteiger partial charge in [-0.2, -0.15) is 0 Å². The van der Waals surface area contributed by atoms with E-state index in [9.17, 15) is 0 Å². The van der Waals surface area contributed by atoms with Gasteiger partial charge in [-0.1, -0.05) is 11.8 Å². The highest BCUT2D eigenvalue weighted by Crippen LogP contribution is 2.29. The molecule has 2 aliphatic rings. The fourth-order valence-electron chi connectivity index (χ4n) is 1.78. The molecule has 0 aromatic carbocycles. The summed E-state index contributed by atoms with van der Waals surface area (Å²) in [7, 11) is 0. The Balaban J connectivity index is 1.97. The molecule has 2 N–H and O–H groups in total. The minimum absolute atomic E-state index is 0.652. The summed E-state index contributed by atoms with van der Waals surface area (Å²) in [5, 5.41) is 7.68.